The molecular formula is C12H28BNa. The smallest absolute Gasteiger partial charge is 0.178 e. The van der Waals surface area contributed by atoms with Crippen LogP contribution in [-0.4, -0.2) is 6.15 Å². The van der Waals surface area contributed by atoms with Gasteiger partial charge in [-0.3, -0.25) is 0 Å². The molecule has 80 valence electrons. The third-order valence-electron chi connectivity index (χ3n) is 3.60. The second-order valence-corrected chi connectivity index (χ2v) is 4.89. The van der Waals surface area contributed by atoms with Crippen LogP contribution < -0.4 is 29.6 Å². The summed E-state index contributed by atoms with van der Waals surface area (Å²) in [5, 5.41) is 0. The Kier molecular flexibility index (Phi) is 13.2. The summed E-state index contributed by atoms with van der Waals surface area (Å²) in [6.07, 6.45) is 11.6. The minimum absolute atomic E-state index is 0. The van der Waals surface area contributed by atoms with Gasteiger partial charge < -0.3 is 0 Å². The predicted molar refractivity (Wildman–Crippen MR) is 66.1 cm³/mol. The van der Waals surface area contributed by atoms with E-state index >= 15 is 0 Å². The van der Waals surface area contributed by atoms with Crippen LogP contribution in [0.1, 0.15) is 53.4 Å². The van der Waals surface area contributed by atoms with Crippen molar-refractivity contribution in [2.45, 2.75) is 78.7 Å². The molecule has 0 aliphatic carbocycles. The van der Waals surface area contributed by atoms with Crippen molar-refractivity contribution < 1.29 is 29.6 Å². The van der Waals surface area contributed by atoms with Gasteiger partial charge in [0, 0.05) is 6.15 Å². The van der Waals surface area contributed by atoms with Crippen molar-refractivity contribution in [3.8, 4) is 0 Å². The molecule has 0 aromatic rings. The topological polar surface area (TPSA) is 0 Å². The zero-order valence-corrected chi connectivity index (χ0v) is 13.2. The number of hydrogen-bond donors (Lipinski definition) is 0. The van der Waals surface area contributed by atoms with E-state index in [1.54, 1.807) is 0 Å². The first-order valence-electron chi connectivity index (χ1n) is 6.46. The maximum Gasteiger partial charge on any atom is 1.00 e. The van der Waals surface area contributed by atoms with E-state index in [9.17, 15) is 0 Å². The molecule has 0 heterocycles. The molecule has 0 spiro atoms. The average Bonchev–Trinajstić information content (AvgIpc) is 2.06. The van der Waals surface area contributed by atoms with Crippen LogP contribution in [0.2, 0.25) is 25.3 Å². The summed E-state index contributed by atoms with van der Waals surface area (Å²) in [4.78, 5) is 0. The van der Waals surface area contributed by atoms with Gasteiger partial charge >= 0.3 is 29.6 Å². The molecule has 0 bridgehead atoms. The molecule has 0 radical (unpaired) electrons. The van der Waals surface area contributed by atoms with E-state index in [1.165, 1.54) is 51.0 Å². The van der Waals surface area contributed by atoms with Crippen LogP contribution in [0, 0.1) is 0 Å². The normalized spacial score (nSPS) is 11.1. The maximum absolute atomic E-state index is 2.34. The molecule has 0 saturated carbocycles. The van der Waals surface area contributed by atoms with Crippen molar-refractivity contribution in [3.05, 3.63) is 0 Å². The van der Waals surface area contributed by atoms with E-state index in [2.05, 4.69) is 27.7 Å². The number of hydrogen-bond acceptors (Lipinski definition) is 0. The van der Waals surface area contributed by atoms with E-state index < -0.39 is 0 Å². The van der Waals surface area contributed by atoms with E-state index in [-0.39, 0.29) is 35.7 Å². The van der Waals surface area contributed by atoms with Crippen molar-refractivity contribution in [2.24, 2.45) is 0 Å². The SMILES string of the molecule is CCC[B-](CCC)(CCC)CCC.[Na+]. The van der Waals surface area contributed by atoms with Crippen LogP contribution >= 0.6 is 0 Å². The fraction of sp³-hybridized carbons (Fsp3) is 1.00. The summed E-state index contributed by atoms with van der Waals surface area (Å²) in [5.41, 5.74) is 0. The minimum Gasteiger partial charge on any atom is -0.178 e. The summed E-state index contributed by atoms with van der Waals surface area (Å²) in [5.74, 6) is 0. The van der Waals surface area contributed by atoms with Gasteiger partial charge in [0.1, 0.15) is 0 Å². The fourth-order valence-electron chi connectivity index (χ4n) is 3.32. The molecule has 0 saturated heterocycles. The molecule has 0 aromatic heterocycles. The van der Waals surface area contributed by atoms with Crippen molar-refractivity contribution in [1.29, 1.82) is 0 Å². The van der Waals surface area contributed by atoms with Gasteiger partial charge in [0.05, 0.1) is 0 Å². The first kappa shape index (κ1) is 17.5. The van der Waals surface area contributed by atoms with Crippen LogP contribution in [0.5, 0.6) is 0 Å². The third kappa shape index (κ3) is 6.53. The molecule has 0 amide bonds. The van der Waals surface area contributed by atoms with Crippen molar-refractivity contribution in [2.75, 3.05) is 0 Å². The van der Waals surface area contributed by atoms with Crippen molar-refractivity contribution >= 4 is 6.15 Å². The fourth-order valence-corrected chi connectivity index (χ4v) is 3.32. The Hall–Kier alpha value is 1.06. The van der Waals surface area contributed by atoms with Crippen LogP contribution in [0.25, 0.3) is 0 Å². The largest absolute Gasteiger partial charge is 1.00 e. The van der Waals surface area contributed by atoms with E-state index in [0.29, 0.717) is 0 Å². The third-order valence-corrected chi connectivity index (χ3v) is 3.60. The quantitative estimate of drug-likeness (QED) is 0.533. The summed E-state index contributed by atoms with van der Waals surface area (Å²) < 4.78 is 0. The van der Waals surface area contributed by atoms with Crippen molar-refractivity contribution in [1.82, 2.24) is 0 Å². The molecular weight excluding hydrogens is 178 g/mol. The summed E-state index contributed by atoms with van der Waals surface area (Å²) in [7, 11) is 0. The van der Waals surface area contributed by atoms with Gasteiger partial charge in [-0.25, -0.2) is 0 Å². The van der Waals surface area contributed by atoms with Gasteiger partial charge in [0.2, 0.25) is 0 Å². The van der Waals surface area contributed by atoms with E-state index in [1.807, 2.05) is 0 Å². The molecule has 0 unspecified atom stereocenters. The van der Waals surface area contributed by atoms with Gasteiger partial charge in [0.15, 0.2) is 0 Å². The van der Waals surface area contributed by atoms with Crippen molar-refractivity contribution in [3.63, 3.8) is 0 Å². The molecule has 0 aliphatic heterocycles. The van der Waals surface area contributed by atoms with E-state index in [0.717, 1.165) is 0 Å². The first-order valence-corrected chi connectivity index (χ1v) is 6.46. The van der Waals surface area contributed by atoms with Crippen LogP contribution in [0.15, 0.2) is 0 Å². The summed E-state index contributed by atoms with van der Waals surface area (Å²) in [6, 6.07) is 0. The Morgan fingerprint density at radius 3 is 0.929 bits per heavy atom. The molecule has 0 fully saturated rings. The minimum atomic E-state index is 0. The predicted octanol–water partition coefficient (Wildman–Crippen LogP) is 2.08. The van der Waals surface area contributed by atoms with Gasteiger partial charge in [0.25, 0.3) is 0 Å². The van der Waals surface area contributed by atoms with Crippen LogP contribution in [-0.2, 0) is 0 Å². The summed E-state index contributed by atoms with van der Waals surface area (Å²) in [6.45, 7) is 9.38. The molecule has 0 nitrogen and oxygen atoms in total. The second-order valence-electron chi connectivity index (χ2n) is 4.89. The van der Waals surface area contributed by atoms with Gasteiger partial charge in [-0.2, -0.15) is 25.3 Å². The Bertz CT molecular complexity index is 85.4. The van der Waals surface area contributed by atoms with Gasteiger partial charge in [-0.1, -0.05) is 53.4 Å². The molecule has 0 aliphatic rings. The molecule has 0 rings (SSSR count). The average molecular weight is 206 g/mol. The van der Waals surface area contributed by atoms with Gasteiger partial charge in [-0.05, 0) is 0 Å². The van der Waals surface area contributed by atoms with Crippen LogP contribution in [0.4, 0.5) is 0 Å². The zero-order valence-electron chi connectivity index (χ0n) is 11.2. The van der Waals surface area contributed by atoms with Crippen LogP contribution in [0.3, 0.4) is 0 Å². The second kappa shape index (κ2) is 10.6. The van der Waals surface area contributed by atoms with Gasteiger partial charge in [-0.15, -0.1) is 0 Å². The Morgan fingerprint density at radius 1 is 0.571 bits per heavy atom. The molecule has 0 aromatic carbocycles. The summed E-state index contributed by atoms with van der Waals surface area (Å²) >= 11 is 0. The standard InChI is InChI=1S/C12H28B.Na/c1-5-9-13(10-6-2,11-7-3)12-8-4;/h5-12H2,1-4H3;/q-1;+1. The van der Waals surface area contributed by atoms with E-state index in [4.69, 9.17) is 0 Å². The molecule has 14 heavy (non-hydrogen) atoms. The Labute approximate surface area is 114 Å². The first-order chi connectivity index (χ1) is 6.24. The zero-order chi connectivity index (χ0) is 10.2. The number of rotatable bonds is 8. The Balaban J connectivity index is 0. The monoisotopic (exact) mass is 206 g/mol. The maximum atomic E-state index is 2.34. The molecule has 0 N–H and O–H groups in total. The molecule has 0 atom stereocenters. The Morgan fingerprint density at radius 2 is 0.786 bits per heavy atom. The molecule has 2 heteroatoms.